The van der Waals surface area contributed by atoms with Crippen LogP contribution in [0.15, 0.2) is 0 Å². The number of nitrogens with zero attached hydrogens (tertiary/aromatic N) is 3. The van der Waals surface area contributed by atoms with Crippen molar-refractivity contribution in [3.05, 3.63) is 16.3 Å². The molecule has 0 spiro atoms. The van der Waals surface area contributed by atoms with Crippen LogP contribution in [-0.2, 0) is 4.79 Å². The summed E-state index contributed by atoms with van der Waals surface area (Å²) in [7, 11) is 0. The number of aromatic nitrogens is 2. The van der Waals surface area contributed by atoms with Gasteiger partial charge in [0.1, 0.15) is 16.5 Å². The molecule has 0 saturated carbocycles. The SMILES string of the molecule is CCN(CC)C(=O)CNc1nc(C)nc2sc(C)c(C)c12. The second kappa shape index (κ2) is 6.39. The van der Waals surface area contributed by atoms with Gasteiger partial charge in [0.2, 0.25) is 5.91 Å². The first-order valence-corrected chi connectivity index (χ1v) is 8.05. The second-order valence-corrected chi connectivity index (χ2v) is 6.21. The maximum Gasteiger partial charge on any atom is 0.241 e. The predicted molar refractivity (Wildman–Crippen MR) is 88.0 cm³/mol. The van der Waals surface area contributed by atoms with Crippen LogP contribution in [0.2, 0.25) is 0 Å². The van der Waals surface area contributed by atoms with Crippen molar-refractivity contribution in [2.24, 2.45) is 0 Å². The predicted octanol–water partition coefficient (Wildman–Crippen LogP) is 2.90. The van der Waals surface area contributed by atoms with Gasteiger partial charge < -0.3 is 10.2 Å². The summed E-state index contributed by atoms with van der Waals surface area (Å²) in [6.45, 7) is 11.7. The van der Waals surface area contributed by atoms with Crippen molar-refractivity contribution in [3.63, 3.8) is 0 Å². The van der Waals surface area contributed by atoms with Crippen LogP contribution in [0.4, 0.5) is 5.82 Å². The van der Waals surface area contributed by atoms with E-state index in [1.165, 1.54) is 10.4 Å². The molecule has 0 unspecified atom stereocenters. The summed E-state index contributed by atoms with van der Waals surface area (Å²) in [6, 6.07) is 0. The van der Waals surface area contributed by atoms with E-state index < -0.39 is 0 Å². The molecule has 0 aliphatic carbocycles. The van der Waals surface area contributed by atoms with Crippen LogP contribution in [0.5, 0.6) is 0 Å². The molecule has 0 aromatic carbocycles. The molecule has 0 radical (unpaired) electrons. The van der Waals surface area contributed by atoms with E-state index in [1.54, 1.807) is 11.3 Å². The smallest absolute Gasteiger partial charge is 0.241 e. The Labute approximate surface area is 129 Å². The van der Waals surface area contributed by atoms with Crippen LogP contribution in [0.1, 0.15) is 30.1 Å². The fourth-order valence-electron chi connectivity index (χ4n) is 2.33. The minimum Gasteiger partial charge on any atom is -0.360 e. The zero-order valence-electron chi connectivity index (χ0n) is 13.3. The van der Waals surface area contributed by atoms with Gasteiger partial charge in [-0.05, 0) is 40.2 Å². The number of nitrogens with one attached hydrogen (secondary N) is 1. The number of aryl methyl sites for hydroxylation is 3. The molecule has 0 aliphatic rings. The fraction of sp³-hybridized carbons (Fsp3) is 0.533. The molecule has 2 heterocycles. The molecular formula is C15H22N4OS. The topological polar surface area (TPSA) is 58.1 Å². The van der Waals surface area contributed by atoms with Gasteiger partial charge in [-0.2, -0.15) is 0 Å². The summed E-state index contributed by atoms with van der Waals surface area (Å²) < 4.78 is 0. The number of carbonyl (C=O) groups excluding carboxylic acids is 1. The Morgan fingerprint density at radius 2 is 1.86 bits per heavy atom. The van der Waals surface area contributed by atoms with Crippen LogP contribution in [0.3, 0.4) is 0 Å². The molecule has 5 nitrogen and oxygen atoms in total. The molecule has 0 fully saturated rings. The minimum atomic E-state index is 0.0917. The number of rotatable bonds is 5. The molecular weight excluding hydrogens is 284 g/mol. The van der Waals surface area contributed by atoms with Gasteiger partial charge in [0.15, 0.2) is 0 Å². The third-order valence-corrected chi connectivity index (χ3v) is 4.76. The molecule has 114 valence electrons. The van der Waals surface area contributed by atoms with E-state index in [1.807, 2.05) is 25.7 Å². The number of anilines is 1. The maximum atomic E-state index is 12.1. The van der Waals surface area contributed by atoms with Gasteiger partial charge >= 0.3 is 0 Å². The normalized spacial score (nSPS) is 10.9. The largest absolute Gasteiger partial charge is 0.360 e. The van der Waals surface area contributed by atoms with Crippen LogP contribution in [0.25, 0.3) is 10.2 Å². The highest BCUT2D eigenvalue weighted by atomic mass is 32.1. The average molecular weight is 306 g/mol. The Hall–Kier alpha value is -1.69. The summed E-state index contributed by atoms with van der Waals surface area (Å²) in [4.78, 5) is 25.1. The van der Waals surface area contributed by atoms with Crippen molar-refractivity contribution in [1.82, 2.24) is 14.9 Å². The zero-order chi connectivity index (χ0) is 15.6. The number of fused-ring (bicyclic) bond motifs is 1. The quantitative estimate of drug-likeness (QED) is 0.923. The van der Waals surface area contributed by atoms with E-state index >= 15 is 0 Å². The molecule has 6 heteroatoms. The molecule has 1 amide bonds. The summed E-state index contributed by atoms with van der Waals surface area (Å²) >= 11 is 1.67. The lowest BCUT2D eigenvalue weighted by atomic mass is 10.2. The third kappa shape index (κ3) is 3.15. The summed E-state index contributed by atoms with van der Waals surface area (Å²) in [6.07, 6.45) is 0. The first kappa shape index (κ1) is 15.7. The summed E-state index contributed by atoms with van der Waals surface area (Å²) in [5.41, 5.74) is 1.19. The highest BCUT2D eigenvalue weighted by Crippen LogP contribution is 2.33. The lowest BCUT2D eigenvalue weighted by Gasteiger charge is -2.19. The average Bonchev–Trinajstić information content (AvgIpc) is 2.72. The van der Waals surface area contributed by atoms with Gasteiger partial charge in [0, 0.05) is 18.0 Å². The molecule has 0 aliphatic heterocycles. The molecule has 0 saturated heterocycles. The number of thiophene rings is 1. The van der Waals surface area contributed by atoms with E-state index in [9.17, 15) is 4.79 Å². The molecule has 1 N–H and O–H groups in total. The molecule has 2 rings (SSSR count). The molecule has 2 aromatic heterocycles. The zero-order valence-corrected chi connectivity index (χ0v) is 14.1. The van der Waals surface area contributed by atoms with Gasteiger partial charge in [0.25, 0.3) is 0 Å². The van der Waals surface area contributed by atoms with Crippen molar-refractivity contribution in [2.75, 3.05) is 25.0 Å². The third-order valence-electron chi connectivity index (χ3n) is 3.66. The van der Waals surface area contributed by atoms with E-state index in [-0.39, 0.29) is 12.5 Å². The first-order valence-electron chi connectivity index (χ1n) is 7.23. The van der Waals surface area contributed by atoms with E-state index in [4.69, 9.17) is 0 Å². The Kier molecular flexibility index (Phi) is 4.77. The lowest BCUT2D eigenvalue weighted by molar-refractivity contribution is -0.128. The van der Waals surface area contributed by atoms with Crippen molar-refractivity contribution >= 4 is 33.3 Å². The van der Waals surface area contributed by atoms with E-state index in [0.29, 0.717) is 0 Å². The molecule has 0 atom stereocenters. The van der Waals surface area contributed by atoms with Gasteiger partial charge in [0.05, 0.1) is 11.9 Å². The van der Waals surface area contributed by atoms with Crippen molar-refractivity contribution in [1.29, 1.82) is 0 Å². The minimum absolute atomic E-state index is 0.0917. The van der Waals surface area contributed by atoms with Crippen LogP contribution in [0, 0.1) is 20.8 Å². The van der Waals surface area contributed by atoms with Crippen LogP contribution >= 0.6 is 11.3 Å². The number of carbonyl (C=O) groups is 1. The Morgan fingerprint density at radius 1 is 1.19 bits per heavy atom. The number of amides is 1. The molecule has 0 bridgehead atoms. The monoisotopic (exact) mass is 306 g/mol. The van der Waals surface area contributed by atoms with Crippen molar-refractivity contribution in [3.8, 4) is 0 Å². The van der Waals surface area contributed by atoms with Gasteiger partial charge in [-0.15, -0.1) is 11.3 Å². The fourth-order valence-corrected chi connectivity index (χ4v) is 3.41. The Morgan fingerprint density at radius 3 is 2.48 bits per heavy atom. The van der Waals surface area contributed by atoms with Gasteiger partial charge in [-0.25, -0.2) is 9.97 Å². The highest BCUT2D eigenvalue weighted by Gasteiger charge is 2.15. The molecule has 2 aromatic rings. The summed E-state index contributed by atoms with van der Waals surface area (Å²) in [5.74, 6) is 1.58. The second-order valence-electron chi connectivity index (χ2n) is 5.00. The Bertz CT molecular complexity index is 661. The van der Waals surface area contributed by atoms with E-state index in [0.717, 1.165) is 34.9 Å². The van der Waals surface area contributed by atoms with Gasteiger partial charge in [-0.1, -0.05) is 0 Å². The van der Waals surface area contributed by atoms with Crippen molar-refractivity contribution < 1.29 is 4.79 Å². The highest BCUT2D eigenvalue weighted by molar-refractivity contribution is 7.18. The van der Waals surface area contributed by atoms with E-state index in [2.05, 4.69) is 29.1 Å². The standard InChI is InChI=1S/C15H22N4OS/c1-6-19(7-2)12(20)8-16-14-13-9(3)10(4)21-15(13)18-11(5)17-14/h6-8H2,1-5H3,(H,16,17,18). The number of likely N-dealkylation sites (N-methyl/N-ethyl adjacent to an activating group) is 1. The van der Waals surface area contributed by atoms with Crippen LogP contribution in [-0.4, -0.2) is 40.4 Å². The molecule has 21 heavy (non-hydrogen) atoms. The Balaban J connectivity index is 2.28. The summed E-state index contributed by atoms with van der Waals surface area (Å²) in [5, 5.41) is 4.23. The number of hydrogen-bond acceptors (Lipinski definition) is 5. The maximum absolute atomic E-state index is 12.1. The van der Waals surface area contributed by atoms with Crippen molar-refractivity contribution in [2.45, 2.75) is 34.6 Å². The first-order chi connectivity index (χ1) is 9.97. The number of hydrogen-bond donors (Lipinski definition) is 1. The van der Waals surface area contributed by atoms with Crippen LogP contribution < -0.4 is 5.32 Å². The van der Waals surface area contributed by atoms with Gasteiger partial charge in [-0.3, -0.25) is 4.79 Å². The lowest BCUT2D eigenvalue weighted by Crippen LogP contribution is -2.35.